The molecule has 2 unspecified atom stereocenters. The van der Waals surface area contributed by atoms with Crippen LogP contribution in [0, 0.1) is 15.4 Å². The standard InChI is InChI=1S/C26H39IN2O4/c1-23(2)14-17(25(5,6)28(23)9)21(30)32-16-11-12-20(19(27)13-16)33-22(31)18-15-24(3,4)29(10)26(18,7)8/h11-13,17-18H,14-15H2,1-10H3. The number of carbonyl (C=O) groups excluding carboxylic acids is 2. The third-order valence-electron chi connectivity index (χ3n) is 8.56. The summed E-state index contributed by atoms with van der Waals surface area (Å²) in [6, 6.07) is 5.18. The second-order valence-electron chi connectivity index (χ2n) is 12.0. The lowest BCUT2D eigenvalue weighted by atomic mass is 9.87. The summed E-state index contributed by atoms with van der Waals surface area (Å²) in [6.07, 6.45) is 1.48. The first kappa shape index (κ1) is 26.4. The number of hydrogen-bond acceptors (Lipinski definition) is 6. The van der Waals surface area contributed by atoms with E-state index < -0.39 is 0 Å². The van der Waals surface area contributed by atoms with Crippen LogP contribution in [0.5, 0.6) is 11.5 Å². The van der Waals surface area contributed by atoms with E-state index in [-0.39, 0.29) is 45.9 Å². The van der Waals surface area contributed by atoms with Crippen molar-refractivity contribution in [3.05, 3.63) is 21.8 Å². The maximum absolute atomic E-state index is 13.1. The normalized spacial score (nSPS) is 28.0. The highest BCUT2D eigenvalue weighted by molar-refractivity contribution is 14.1. The maximum atomic E-state index is 13.1. The highest BCUT2D eigenvalue weighted by Gasteiger charge is 2.54. The Labute approximate surface area is 212 Å². The Bertz CT molecular complexity index is 954. The number of nitrogens with zero attached hydrogens (tertiary/aromatic N) is 2. The number of halogens is 1. The van der Waals surface area contributed by atoms with Gasteiger partial charge in [-0.15, -0.1) is 0 Å². The van der Waals surface area contributed by atoms with Gasteiger partial charge in [0.1, 0.15) is 11.5 Å². The molecule has 1 aromatic rings. The van der Waals surface area contributed by atoms with Gasteiger partial charge < -0.3 is 9.47 Å². The van der Waals surface area contributed by atoms with Crippen molar-refractivity contribution >= 4 is 34.5 Å². The minimum Gasteiger partial charge on any atom is -0.426 e. The third kappa shape index (κ3) is 4.69. The summed E-state index contributed by atoms with van der Waals surface area (Å²) in [6.45, 7) is 17.0. The van der Waals surface area contributed by atoms with Gasteiger partial charge in [0.15, 0.2) is 0 Å². The lowest BCUT2D eigenvalue weighted by Crippen LogP contribution is -2.48. The molecule has 1 aromatic carbocycles. The van der Waals surface area contributed by atoms with Crippen LogP contribution in [0.1, 0.15) is 68.2 Å². The van der Waals surface area contributed by atoms with Gasteiger partial charge in [0.25, 0.3) is 0 Å². The fourth-order valence-electron chi connectivity index (χ4n) is 5.54. The van der Waals surface area contributed by atoms with E-state index >= 15 is 0 Å². The summed E-state index contributed by atoms with van der Waals surface area (Å²) in [7, 11) is 4.12. The Balaban J connectivity index is 1.71. The van der Waals surface area contributed by atoms with Gasteiger partial charge in [0.05, 0.1) is 15.4 Å². The third-order valence-corrected chi connectivity index (χ3v) is 9.40. The number of likely N-dealkylation sites (tertiary alicyclic amines) is 2. The highest BCUT2D eigenvalue weighted by atomic mass is 127. The quantitative estimate of drug-likeness (QED) is 0.285. The van der Waals surface area contributed by atoms with Crippen LogP contribution in [-0.4, -0.2) is 58.0 Å². The summed E-state index contributed by atoms with van der Waals surface area (Å²) >= 11 is 2.13. The van der Waals surface area contributed by atoms with Crippen LogP contribution in [0.2, 0.25) is 0 Å². The molecule has 184 valence electrons. The van der Waals surface area contributed by atoms with Crippen molar-refractivity contribution in [3.8, 4) is 11.5 Å². The van der Waals surface area contributed by atoms with Crippen molar-refractivity contribution in [3.63, 3.8) is 0 Å². The van der Waals surface area contributed by atoms with Gasteiger partial charge in [-0.25, -0.2) is 0 Å². The molecule has 0 spiro atoms. The minimum absolute atomic E-state index is 0.0731. The highest BCUT2D eigenvalue weighted by Crippen LogP contribution is 2.45. The van der Waals surface area contributed by atoms with Gasteiger partial charge in [0.2, 0.25) is 0 Å². The van der Waals surface area contributed by atoms with E-state index in [1.807, 2.05) is 0 Å². The van der Waals surface area contributed by atoms with E-state index in [4.69, 9.17) is 9.47 Å². The number of rotatable bonds is 4. The van der Waals surface area contributed by atoms with Crippen LogP contribution >= 0.6 is 22.6 Å². The molecule has 0 saturated carbocycles. The molecule has 6 nitrogen and oxygen atoms in total. The molecule has 7 heteroatoms. The summed E-state index contributed by atoms with van der Waals surface area (Å²) in [5, 5.41) is 0. The first-order valence-corrected chi connectivity index (χ1v) is 12.7. The lowest BCUT2D eigenvalue weighted by Gasteiger charge is -2.37. The average molecular weight is 571 g/mol. The van der Waals surface area contributed by atoms with E-state index in [0.29, 0.717) is 11.5 Å². The average Bonchev–Trinajstić information content (AvgIpc) is 2.97. The van der Waals surface area contributed by atoms with Crippen LogP contribution in [0.15, 0.2) is 18.2 Å². The lowest BCUT2D eigenvalue weighted by molar-refractivity contribution is -0.142. The first-order valence-electron chi connectivity index (χ1n) is 11.6. The topological polar surface area (TPSA) is 59.1 Å². The predicted molar refractivity (Wildman–Crippen MR) is 138 cm³/mol. The molecule has 2 saturated heterocycles. The molecule has 2 aliphatic rings. The van der Waals surface area contributed by atoms with Gasteiger partial charge in [-0.3, -0.25) is 19.4 Å². The molecule has 0 aliphatic carbocycles. The van der Waals surface area contributed by atoms with Gasteiger partial charge in [-0.2, -0.15) is 0 Å². The Kier molecular flexibility index (Phi) is 6.79. The summed E-state index contributed by atoms with van der Waals surface area (Å²) < 4.78 is 12.3. The number of carbonyl (C=O) groups is 2. The van der Waals surface area contributed by atoms with E-state index in [1.54, 1.807) is 18.2 Å². The Morgan fingerprint density at radius 3 is 1.61 bits per heavy atom. The van der Waals surface area contributed by atoms with E-state index in [2.05, 4.69) is 102 Å². The van der Waals surface area contributed by atoms with Gasteiger partial charge in [0, 0.05) is 22.2 Å². The zero-order valence-electron chi connectivity index (χ0n) is 21.7. The maximum Gasteiger partial charge on any atom is 0.316 e. The molecule has 2 aliphatic heterocycles. The Morgan fingerprint density at radius 2 is 1.24 bits per heavy atom. The van der Waals surface area contributed by atoms with Gasteiger partial charge >= 0.3 is 11.9 Å². The van der Waals surface area contributed by atoms with Crippen molar-refractivity contribution in [1.29, 1.82) is 0 Å². The smallest absolute Gasteiger partial charge is 0.316 e. The number of esters is 2. The summed E-state index contributed by atoms with van der Waals surface area (Å²) in [5.74, 6) is 0.0578. The molecule has 2 heterocycles. The van der Waals surface area contributed by atoms with Crippen LogP contribution in [-0.2, 0) is 9.59 Å². The first-order chi connectivity index (χ1) is 14.9. The second-order valence-corrected chi connectivity index (χ2v) is 13.2. The minimum atomic E-state index is -0.295. The molecule has 0 N–H and O–H groups in total. The fraction of sp³-hybridized carbons (Fsp3) is 0.692. The zero-order valence-corrected chi connectivity index (χ0v) is 23.9. The van der Waals surface area contributed by atoms with E-state index in [1.165, 1.54) is 0 Å². The van der Waals surface area contributed by atoms with Crippen molar-refractivity contribution in [1.82, 2.24) is 9.80 Å². The summed E-state index contributed by atoms with van der Waals surface area (Å²) in [5.41, 5.74) is -0.736. The van der Waals surface area contributed by atoms with Gasteiger partial charge in [-0.05, 0) is 123 Å². The van der Waals surface area contributed by atoms with Crippen molar-refractivity contribution in [2.45, 2.75) is 90.4 Å². The van der Waals surface area contributed by atoms with Crippen LogP contribution in [0.3, 0.4) is 0 Å². The SMILES string of the molecule is CN1C(C)(C)CC(C(=O)Oc2ccc(OC(=O)C3CC(C)(C)N(C)C3(C)C)c(I)c2)C1(C)C. The van der Waals surface area contributed by atoms with E-state index in [9.17, 15) is 9.59 Å². The molecule has 0 bridgehead atoms. The van der Waals surface area contributed by atoms with Crippen LogP contribution < -0.4 is 9.47 Å². The second kappa shape index (κ2) is 8.48. The molecule has 33 heavy (non-hydrogen) atoms. The number of hydrogen-bond donors (Lipinski definition) is 0. The Morgan fingerprint density at radius 1 is 0.818 bits per heavy atom. The zero-order chi connectivity index (χ0) is 25.1. The monoisotopic (exact) mass is 570 g/mol. The van der Waals surface area contributed by atoms with Gasteiger partial charge in [-0.1, -0.05) is 0 Å². The molecule has 0 amide bonds. The van der Waals surface area contributed by atoms with E-state index in [0.717, 1.165) is 16.4 Å². The van der Waals surface area contributed by atoms with Crippen molar-refractivity contribution in [2.75, 3.05) is 14.1 Å². The molecular formula is C26H39IN2O4. The largest absolute Gasteiger partial charge is 0.426 e. The number of benzene rings is 1. The molecule has 2 fully saturated rings. The predicted octanol–water partition coefficient (Wildman–Crippen LogP) is 5.12. The van der Waals surface area contributed by atoms with Crippen molar-refractivity contribution in [2.24, 2.45) is 11.8 Å². The summed E-state index contributed by atoms with van der Waals surface area (Å²) in [4.78, 5) is 30.6. The molecule has 0 aromatic heterocycles. The van der Waals surface area contributed by atoms with Crippen molar-refractivity contribution < 1.29 is 19.1 Å². The molecule has 2 atom stereocenters. The molecule has 3 rings (SSSR count). The fourth-order valence-corrected chi connectivity index (χ4v) is 6.14. The number of ether oxygens (including phenoxy) is 2. The van der Waals surface area contributed by atoms with Crippen LogP contribution in [0.25, 0.3) is 0 Å². The van der Waals surface area contributed by atoms with Crippen LogP contribution in [0.4, 0.5) is 0 Å². The molecule has 0 radical (unpaired) electrons. The molecular weight excluding hydrogens is 531 g/mol. The Hall–Kier alpha value is -1.19.